The quantitative estimate of drug-likeness (QED) is 0.494. The molecular formula is C5H12CaO2S. The zero-order chi connectivity index (χ0) is 6.41. The Balaban J connectivity index is 0. The van der Waals surface area contributed by atoms with Gasteiger partial charge in [-0.2, -0.15) is 11.8 Å². The summed E-state index contributed by atoms with van der Waals surface area (Å²) in [4.78, 5) is 9.85. The number of hydrogen-bond acceptors (Lipinski definition) is 2. The van der Waals surface area contributed by atoms with Crippen LogP contribution in [0.1, 0.15) is 13.3 Å². The third kappa shape index (κ3) is 12.3. The van der Waals surface area contributed by atoms with Crippen molar-refractivity contribution in [1.82, 2.24) is 0 Å². The predicted octanol–water partition coefficient (Wildman–Crippen LogP) is 0.298. The number of rotatable bonds is 4. The molecule has 0 saturated carbocycles. The molecule has 0 atom stereocenters. The van der Waals surface area contributed by atoms with Crippen molar-refractivity contribution >= 4 is 55.5 Å². The number of carboxylic acid groups (broad SMARTS) is 1. The summed E-state index contributed by atoms with van der Waals surface area (Å²) in [6, 6.07) is 0. The van der Waals surface area contributed by atoms with Crippen LogP contribution in [0.4, 0.5) is 0 Å². The van der Waals surface area contributed by atoms with Gasteiger partial charge in [0.15, 0.2) is 0 Å². The fourth-order valence-electron chi connectivity index (χ4n) is 0.304. The first-order chi connectivity index (χ1) is 3.77. The molecule has 0 rings (SSSR count). The number of aliphatic carboxylic acids is 1. The fraction of sp³-hybridized carbons (Fsp3) is 0.800. The second-order valence-electron chi connectivity index (χ2n) is 1.45. The zero-order valence-corrected chi connectivity index (χ0v) is 5.70. The van der Waals surface area contributed by atoms with Gasteiger partial charge in [-0.25, -0.2) is 0 Å². The van der Waals surface area contributed by atoms with Crippen molar-refractivity contribution in [2.45, 2.75) is 13.3 Å². The average molecular weight is 176 g/mol. The van der Waals surface area contributed by atoms with Gasteiger partial charge in [0.2, 0.25) is 0 Å². The van der Waals surface area contributed by atoms with Crippen LogP contribution in [0.15, 0.2) is 0 Å². The van der Waals surface area contributed by atoms with Gasteiger partial charge in [-0.3, -0.25) is 4.79 Å². The summed E-state index contributed by atoms with van der Waals surface area (Å²) in [6.07, 6.45) is 1.05. The van der Waals surface area contributed by atoms with Crippen molar-refractivity contribution in [3.63, 3.8) is 0 Å². The molecule has 0 aliphatic carbocycles. The van der Waals surface area contributed by atoms with E-state index in [9.17, 15) is 4.79 Å². The van der Waals surface area contributed by atoms with Gasteiger partial charge in [0, 0.05) is 0 Å². The molecule has 9 heavy (non-hydrogen) atoms. The molecule has 0 radical (unpaired) electrons. The normalized spacial score (nSPS) is 8.11. The molecule has 0 unspecified atom stereocenters. The van der Waals surface area contributed by atoms with Crippen LogP contribution in [-0.4, -0.2) is 60.3 Å². The molecule has 0 spiro atoms. The number of thioether (sulfide) groups is 1. The summed E-state index contributed by atoms with van der Waals surface area (Å²) in [7, 11) is 0. The second-order valence-corrected chi connectivity index (χ2v) is 2.55. The summed E-state index contributed by atoms with van der Waals surface area (Å²) < 4.78 is 0. The number of carbonyl (C=O) groups is 1. The van der Waals surface area contributed by atoms with Crippen LogP contribution in [0.2, 0.25) is 0 Å². The maximum absolute atomic E-state index is 9.85. The molecule has 0 aromatic heterocycles. The van der Waals surface area contributed by atoms with E-state index in [1.165, 1.54) is 11.8 Å². The fourth-order valence-corrected chi connectivity index (χ4v) is 0.911. The molecule has 0 aromatic carbocycles. The van der Waals surface area contributed by atoms with Crippen LogP contribution < -0.4 is 0 Å². The van der Waals surface area contributed by atoms with E-state index in [-0.39, 0.29) is 43.5 Å². The first-order valence-corrected chi connectivity index (χ1v) is 3.72. The second kappa shape index (κ2) is 9.08. The molecule has 0 bridgehead atoms. The van der Waals surface area contributed by atoms with E-state index in [4.69, 9.17) is 5.11 Å². The Kier molecular flexibility index (Phi) is 12.8. The van der Waals surface area contributed by atoms with Crippen LogP contribution in [-0.2, 0) is 4.79 Å². The Bertz CT molecular complexity index is 77.4. The van der Waals surface area contributed by atoms with Crippen LogP contribution in [0.25, 0.3) is 0 Å². The van der Waals surface area contributed by atoms with Gasteiger partial charge < -0.3 is 5.11 Å². The third-order valence-electron chi connectivity index (χ3n) is 0.574. The van der Waals surface area contributed by atoms with Gasteiger partial charge in [-0.1, -0.05) is 6.92 Å². The van der Waals surface area contributed by atoms with E-state index in [2.05, 4.69) is 0 Å². The molecule has 0 saturated heterocycles. The number of hydrogen-bond donors (Lipinski definition) is 1. The molecule has 0 heterocycles. The summed E-state index contributed by atoms with van der Waals surface area (Å²) in [5.74, 6) is 0.476. The summed E-state index contributed by atoms with van der Waals surface area (Å²) in [5, 5.41) is 8.12. The van der Waals surface area contributed by atoms with Crippen LogP contribution >= 0.6 is 11.8 Å². The van der Waals surface area contributed by atoms with Gasteiger partial charge in [-0.15, -0.1) is 0 Å². The summed E-state index contributed by atoms with van der Waals surface area (Å²) >= 11 is 1.46. The molecule has 0 aromatic rings. The monoisotopic (exact) mass is 176 g/mol. The molecular weight excluding hydrogens is 164 g/mol. The average Bonchev–Trinajstić information content (AvgIpc) is 1.66. The Morgan fingerprint density at radius 2 is 2.22 bits per heavy atom. The van der Waals surface area contributed by atoms with Crippen molar-refractivity contribution < 1.29 is 9.90 Å². The van der Waals surface area contributed by atoms with Crippen molar-refractivity contribution in [3.05, 3.63) is 0 Å². The molecule has 1 N–H and O–H groups in total. The van der Waals surface area contributed by atoms with Crippen LogP contribution in [0, 0.1) is 0 Å². The van der Waals surface area contributed by atoms with Gasteiger partial charge in [0.25, 0.3) is 0 Å². The zero-order valence-electron chi connectivity index (χ0n) is 4.89. The van der Waals surface area contributed by atoms with Crippen LogP contribution in [0.5, 0.6) is 0 Å². The van der Waals surface area contributed by atoms with Crippen molar-refractivity contribution in [2.75, 3.05) is 11.5 Å². The van der Waals surface area contributed by atoms with Crippen molar-refractivity contribution in [3.8, 4) is 0 Å². The Hall–Kier alpha value is 1.08. The molecule has 0 amide bonds. The van der Waals surface area contributed by atoms with E-state index in [0.29, 0.717) is 0 Å². The van der Waals surface area contributed by atoms with Crippen molar-refractivity contribution in [2.24, 2.45) is 0 Å². The standard InChI is InChI=1S/C5H10O2S.Ca.2H/c1-2-3-8-4-5(6)7;;;/h2-4H2,1H3,(H,6,7);;;. The molecule has 2 nitrogen and oxygen atoms in total. The summed E-state index contributed by atoms with van der Waals surface area (Å²) in [6.45, 7) is 2.04. The van der Waals surface area contributed by atoms with E-state index in [0.717, 1.165) is 12.2 Å². The Labute approximate surface area is 89.4 Å². The Morgan fingerprint density at radius 1 is 1.67 bits per heavy atom. The summed E-state index contributed by atoms with van der Waals surface area (Å²) in [5.41, 5.74) is 0. The van der Waals surface area contributed by atoms with E-state index < -0.39 is 5.97 Å². The predicted molar refractivity (Wildman–Crippen MR) is 43.8 cm³/mol. The molecule has 52 valence electrons. The van der Waals surface area contributed by atoms with E-state index in [1.54, 1.807) is 0 Å². The first-order valence-electron chi connectivity index (χ1n) is 2.57. The molecule has 0 aliphatic rings. The maximum atomic E-state index is 9.85. The molecule has 0 aliphatic heterocycles. The van der Waals surface area contributed by atoms with Gasteiger partial charge in [-0.05, 0) is 12.2 Å². The van der Waals surface area contributed by atoms with E-state index in [1.807, 2.05) is 6.92 Å². The van der Waals surface area contributed by atoms with E-state index >= 15 is 0 Å². The van der Waals surface area contributed by atoms with Gasteiger partial charge in [0.05, 0.1) is 5.75 Å². The molecule has 4 heteroatoms. The SMILES string of the molecule is CCCSCC(=O)O.[CaH2]. The minimum atomic E-state index is -0.719. The van der Waals surface area contributed by atoms with Crippen molar-refractivity contribution in [1.29, 1.82) is 0 Å². The Morgan fingerprint density at radius 3 is 2.56 bits per heavy atom. The molecule has 0 fully saturated rings. The van der Waals surface area contributed by atoms with Crippen LogP contribution in [0.3, 0.4) is 0 Å². The number of carboxylic acids is 1. The first kappa shape index (κ1) is 12.7. The van der Waals surface area contributed by atoms with Gasteiger partial charge in [0.1, 0.15) is 0 Å². The minimum absolute atomic E-state index is 0. The topological polar surface area (TPSA) is 37.3 Å². The van der Waals surface area contributed by atoms with Gasteiger partial charge >= 0.3 is 43.7 Å². The third-order valence-corrected chi connectivity index (χ3v) is 1.72.